The van der Waals surface area contributed by atoms with Gasteiger partial charge in [-0.3, -0.25) is 0 Å². The summed E-state index contributed by atoms with van der Waals surface area (Å²) < 4.78 is 0. The molecule has 0 aliphatic heterocycles. The van der Waals surface area contributed by atoms with Gasteiger partial charge in [0.1, 0.15) is 0 Å². The molecule has 17 heavy (non-hydrogen) atoms. The van der Waals surface area contributed by atoms with Gasteiger partial charge in [-0.2, -0.15) is 0 Å². The van der Waals surface area contributed by atoms with Crippen molar-refractivity contribution in [2.45, 2.75) is 57.5 Å². The van der Waals surface area contributed by atoms with Crippen molar-refractivity contribution in [2.75, 3.05) is 0 Å². The van der Waals surface area contributed by atoms with Crippen LogP contribution < -0.4 is 5.32 Å². The molecule has 2 rings (SSSR count). The van der Waals surface area contributed by atoms with Crippen LogP contribution in [0.5, 0.6) is 0 Å². The van der Waals surface area contributed by atoms with Gasteiger partial charge in [0.25, 0.3) is 0 Å². The van der Waals surface area contributed by atoms with E-state index in [2.05, 4.69) is 31.3 Å². The van der Waals surface area contributed by atoms with Gasteiger partial charge in [0.05, 0.1) is 0 Å². The molecule has 0 spiro atoms. The van der Waals surface area contributed by atoms with E-state index in [0.29, 0.717) is 6.04 Å². The molecular weight excluding hydrogens is 230 g/mol. The zero-order valence-electron chi connectivity index (χ0n) is 10.7. The van der Waals surface area contributed by atoms with Crippen LogP contribution in [0.3, 0.4) is 0 Å². The van der Waals surface area contributed by atoms with E-state index in [9.17, 15) is 0 Å². The lowest BCUT2D eigenvalue weighted by Crippen LogP contribution is -2.45. The van der Waals surface area contributed by atoms with Crippen LogP contribution in [0.2, 0.25) is 5.02 Å². The highest BCUT2D eigenvalue weighted by molar-refractivity contribution is 6.30. The van der Waals surface area contributed by atoms with Gasteiger partial charge in [-0.1, -0.05) is 37.6 Å². The van der Waals surface area contributed by atoms with E-state index in [1.54, 1.807) is 0 Å². The summed E-state index contributed by atoms with van der Waals surface area (Å²) in [7, 11) is 0. The number of benzene rings is 1. The first kappa shape index (κ1) is 12.9. The van der Waals surface area contributed by atoms with E-state index >= 15 is 0 Å². The molecule has 0 heterocycles. The lowest BCUT2D eigenvalue weighted by molar-refractivity contribution is 0.258. The molecule has 1 fully saturated rings. The Kier molecular flexibility index (Phi) is 4.47. The van der Waals surface area contributed by atoms with Crippen molar-refractivity contribution in [3.05, 3.63) is 34.9 Å². The molecule has 0 bridgehead atoms. The molecule has 0 saturated heterocycles. The SMILES string of the molecule is CCC(CC)NC1CC(c2ccc(Cl)cc2)C1. The minimum absolute atomic E-state index is 0.700. The van der Waals surface area contributed by atoms with E-state index in [0.717, 1.165) is 17.0 Å². The van der Waals surface area contributed by atoms with E-state index in [-0.39, 0.29) is 0 Å². The summed E-state index contributed by atoms with van der Waals surface area (Å²) >= 11 is 5.90. The van der Waals surface area contributed by atoms with Gasteiger partial charge in [0.2, 0.25) is 0 Å². The van der Waals surface area contributed by atoms with Crippen LogP contribution in [0.4, 0.5) is 0 Å². The first-order valence-electron chi connectivity index (χ1n) is 6.74. The van der Waals surface area contributed by atoms with E-state index < -0.39 is 0 Å². The Hall–Kier alpha value is -0.530. The second-order valence-electron chi connectivity index (χ2n) is 5.10. The Morgan fingerprint density at radius 1 is 1.18 bits per heavy atom. The van der Waals surface area contributed by atoms with Crippen molar-refractivity contribution in [1.82, 2.24) is 5.32 Å². The fourth-order valence-electron chi connectivity index (χ4n) is 2.62. The molecule has 1 aliphatic rings. The van der Waals surface area contributed by atoms with Gasteiger partial charge in [-0.05, 0) is 49.3 Å². The maximum absolute atomic E-state index is 5.90. The molecule has 0 aromatic heterocycles. The number of halogens is 1. The monoisotopic (exact) mass is 251 g/mol. The summed E-state index contributed by atoms with van der Waals surface area (Å²) in [5.74, 6) is 0.735. The van der Waals surface area contributed by atoms with Crippen LogP contribution in [-0.4, -0.2) is 12.1 Å². The Bertz CT molecular complexity index is 336. The van der Waals surface area contributed by atoms with Crippen LogP contribution in [0.1, 0.15) is 51.0 Å². The molecule has 0 unspecified atom stereocenters. The molecule has 1 N–H and O–H groups in total. The lowest BCUT2D eigenvalue weighted by atomic mass is 9.75. The number of rotatable bonds is 5. The average Bonchev–Trinajstić information content (AvgIpc) is 2.30. The van der Waals surface area contributed by atoms with Crippen LogP contribution in [0.25, 0.3) is 0 Å². The van der Waals surface area contributed by atoms with Crippen molar-refractivity contribution in [3.63, 3.8) is 0 Å². The molecule has 1 aromatic carbocycles. The Morgan fingerprint density at radius 2 is 1.76 bits per heavy atom. The summed E-state index contributed by atoms with van der Waals surface area (Å²) in [6.45, 7) is 4.52. The molecule has 0 atom stereocenters. The van der Waals surface area contributed by atoms with Gasteiger partial charge in [0, 0.05) is 17.1 Å². The smallest absolute Gasteiger partial charge is 0.0406 e. The summed E-state index contributed by atoms with van der Waals surface area (Å²) in [5, 5.41) is 4.57. The van der Waals surface area contributed by atoms with Crippen LogP contribution in [0.15, 0.2) is 24.3 Å². The largest absolute Gasteiger partial charge is 0.311 e. The lowest BCUT2D eigenvalue weighted by Gasteiger charge is -2.38. The fourth-order valence-corrected chi connectivity index (χ4v) is 2.74. The normalized spacial score (nSPS) is 23.8. The number of nitrogens with one attached hydrogen (secondary N) is 1. The maximum Gasteiger partial charge on any atom is 0.0406 e. The molecule has 1 aromatic rings. The van der Waals surface area contributed by atoms with Crippen LogP contribution in [0, 0.1) is 0 Å². The molecule has 1 saturated carbocycles. The molecule has 0 radical (unpaired) electrons. The molecule has 1 aliphatic carbocycles. The highest BCUT2D eigenvalue weighted by Crippen LogP contribution is 2.37. The molecule has 2 heteroatoms. The second kappa shape index (κ2) is 5.88. The number of hydrogen-bond donors (Lipinski definition) is 1. The van der Waals surface area contributed by atoms with Gasteiger partial charge in [0.15, 0.2) is 0 Å². The maximum atomic E-state index is 5.90. The minimum atomic E-state index is 0.700. The van der Waals surface area contributed by atoms with Gasteiger partial charge >= 0.3 is 0 Å². The molecule has 0 amide bonds. The van der Waals surface area contributed by atoms with E-state index in [1.165, 1.54) is 31.2 Å². The quantitative estimate of drug-likeness (QED) is 0.820. The summed E-state index contributed by atoms with van der Waals surface area (Å²) in [4.78, 5) is 0. The summed E-state index contributed by atoms with van der Waals surface area (Å²) in [6, 6.07) is 9.75. The average molecular weight is 252 g/mol. The first-order valence-corrected chi connectivity index (χ1v) is 7.12. The minimum Gasteiger partial charge on any atom is -0.311 e. The standard InChI is InChI=1S/C15H22ClN/c1-3-14(4-2)17-15-9-12(10-15)11-5-7-13(16)8-6-11/h5-8,12,14-15,17H,3-4,9-10H2,1-2H3. The fraction of sp³-hybridized carbons (Fsp3) is 0.600. The Balaban J connectivity index is 1.80. The van der Waals surface area contributed by atoms with Crippen molar-refractivity contribution in [2.24, 2.45) is 0 Å². The second-order valence-corrected chi connectivity index (χ2v) is 5.53. The first-order chi connectivity index (χ1) is 8.22. The van der Waals surface area contributed by atoms with Crippen LogP contribution >= 0.6 is 11.6 Å². The molecular formula is C15H22ClN. The topological polar surface area (TPSA) is 12.0 Å². The Labute approximate surface area is 110 Å². The van der Waals surface area contributed by atoms with E-state index in [4.69, 9.17) is 11.6 Å². The molecule has 94 valence electrons. The third-order valence-corrected chi connectivity index (χ3v) is 4.19. The summed E-state index contributed by atoms with van der Waals surface area (Å²) in [6.07, 6.45) is 5.02. The predicted molar refractivity (Wildman–Crippen MR) is 74.7 cm³/mol. The van der Waals surface area contributed by atoms with Crippen molar-refractivity contribution in [1.29, 1.82) is 0 Å². The predicted octanol–water partition coefficient (Wildman–Crippen LogP) is 4.36. The summed E-state index contributed by atoms with van der Waals surface area (Å²) in [5.41, 5.74) is 1.44. The number of hydrogen-bond acceptors (Lipinski definition) is 1. The third kappa shape index (κ3) is 3.23. The third-order valence-electron chi connectivity index (χ3n) is 3.94. The van der Waals surface area contributed by atoms with Crippen molar-refractivity contribution in [3.8, 4) is 0 Å². The van der Waals surface area contributed by atoms with Gasteiger partial charge in [-0.15, -0.1) is 0 Å². The van der Waals surface area contributed by atoms with E-state index in [1.807, 2.05) is 12.1 Å². The van der Waals surface area contributed by atoms with Gasteiger partial charge in [-0.25, -0.2) is 0 Å². The highest BCUT2D eigenvalue weighted by Gasteiger charge is 2.30. The highest BCUT2D eigenvalue weighted by atomic mass is 35.5. The Morgan fingerprint density at radius 3 is 2.29 bits per heavy atom. The van der Waals surface area contributed by atoms with Crippen LogP contribution in [-0.2, 0) is 0 Å². The zero-order chi connectivity index (χ0) is 12.3. The molecule has 1 nitrogen and oxygen atoms in total. The van der Waals surface area contributed by atoms with Crippen molar-refractivity contribution < 1.29 is 0 Å². The zero-order valence-corrected chi connectivity index (χ0v) is 11.5. The van der Waals surface area contributed by atoms with Gasteiger partial charge < -0.3 is 5.32 Å². The van der Waals surface area contributed by atoms with Crippen molar-refractivity contribution >= 4 is 11.6 Å².